The summed E-state index contributed by atoms with van der Waals surface area (Å²) in [5.74, 6) is -4.71. The highest BCUT2D eigenvalue weighted by Gasteiger charge is 2.45. The molecule has 3 saturated heterocycles. The number of quaternary nitrogens is 1. The molecule has 4 fully saturated rings. The Morgan fingerprint density at radius 2 is 1.43 bits per heavy atom. The van der Waals surface area contributed by atoms with E-state index in [9.17, 15) is 27.6 Å². The molecule has 0 radical (unpaired) electrons. The lowest BCUT2D eigenvalue weighted by molar-refractivity contribution is -0.914. The van der Waals surface area contributed by atoms with Crippen LogP contribution < -0.4 is 25.8 Å². The summed E-state index contributed by atoms with van der Waals surface area (Å²) in [6, 6.07) is 8.04. The van der Waals surface area contributed by atoms with Gasteiger partial charge < -0.3 is 39.7 Å². The minimum atomic E-state index is -3.94. The molecule has 1 aromatic heterocycles. The van der Waals surface area contributed by atoms with Gasteiger partial charge in [-0.05, 0) is 104 Å². The minimum absolute atomic E-state index is 0.0399. The molecule has 4 amide bonds. The fraction of sp³-hybridized carbons (Fsp3) is 0.667. The summed E-state index contributed by atoms with van der Waals surface area (Å²) >= 11 is 6.35. The largest absolute Gasteiger partial charge is 0.444 e. The molecule has 4 heterocycles. The smallest absolute Gasteiger partial charge is 0.407 e. The van der Waals surface area contributed by atoms with Crippen molar-refractivity contribution >= 4 is 57.1 Å². The maximum absolute atomic E-state index is 16.3. The number of carbonyl (C=O) groups excluding carboxylic acids is 4. The number of benzene rings is 1. The van der Waals surface area contributed by atoms with Crippen LogP contribution in [0.5, 0.6) is 0 Å². The lowest BCUT2D eigenvalue weighted by Gasteiger charge is -2.36. The number of piperazine rings is 1. The number of nitrogens with one attached hydrogen (secondary N) is 3. The number of likely N-dealkylation sites (tertiary alicyclic amines) is 1. The van der Waals surface area contributed by atoms with Gasteiger partial charge in [-0.2, -0.15) is 4.31 Å². The van der Waals surface area contributed by atoms with Crippen LogP contribution in [0.1, 0.15) is 92.1 Å². The summed E-state index contributed by atoms with van der Waals surface area (Å²) < 4.78 is 72.6. The van der Waals surface area contributed by atoms with Crippen LogP contribution in [0.3, 0.4) is 0 Å². The molecular formula is C45H66ClF2N8O8S+. The number of sulfonamides is 1. The maximum Gasteiger partial charge on any atom is 0.407 e. The molecule has 65 heavy (non-hydrogen) atoms. The minimum Gasteiger partial charge on any atom is -0.444 e. The van der Waals surface area contributed by atoms with Crippen molar-refractivity contribution in [2.45, 2.75) is 115 Å². The highest BCUT2D eigenvalue weighted by Crippen LogP contribution is 2.46. The average molecular weight is 953 g/mol. The van der Waals surface area contributed by atoms with Crippen molar-refractivity contribution in [3.05, 3.63) is 47.1 Å². The van der Waals surface area contributed by atoms with Crippen molar-refractivity contribution in [2.24, 2.45) is 11.8 Å². The maximum atomic E-state index is 16.3. The van der Waals surface area contributed by atoms with Gasteiger partial charge in [0.2, 0.25) is 21.8 Å². The third-order valence-corrected chi connectivity index (χ3v) is 14.7. The number of pyridine rings is 1. The highest BCUT2D eigenvalue weighted by molar-refractivity contribution is 7.89. The first-order chi connectivity index (χ1) is 30.4. The van der Waals surface area contributed by atoms with Gasteiger partial charge in [0.25, 0.3) is 5.92 Å². The van der Waals surface area contributed by atoms with Crippen LogP contribution >= 0.6 is 11.6 Å². The van der Waals surface area contributed by atoms with Crippen molar-refractivity contribution in [1.82, 2.24) is 25.2 Å². The Labute approximate surface area is 386 Å². The first kappa shape index (κ1) is 50.1. The molecule has 1 aliphatic carbocycles. The van der Waals surface area contributed by atoms with Gasteiger partial charge in [0.05, 0.1) is 50.2 Å². The van der Waals surface area contributed by atoms with Crippen molar-refractivity contribution in [1.29, 1.82) is 0 Å². The molecule has 6 rings (SSSR count). The van der Waals surface area contributed by atoms with E-state index in [-0.39, 0.29) is 91.1 Å². The normalized spacial score (nSPS) is 22.1. The van der Waals surface area contributed by atoms with E-state index in [0.29, 0.717) is 31.6 Å². The van der Waals surface area contributed by atoms with Gasteiger partial charge in [0.15, 0.2) is 0 Å². The van der Waals surface area contributed by atoms with Crippen LogP contribution in [0.25, 0.3) is 0 Å². The van der Waals surface area contributed by atoms with E-state index in [1.807, 2.05) is 20.8 Å². The summed E-state index contributed by atoms with van der Waals surface area (Å²) in [6.07, 6.45) is 2.15. The number of rotatable bonds is 14. The number of halogens is 3. The molecule has 3 N–H and O–H groups in total. The summed E-state index contributed by atoms with van der Waals surface area (Å²) in [5.41, 5.74) is -1.04. The van der Waals surface area contributed by atoms with E-state index in [2.05, 4.69) is 20.9 Å². The fourth-order valence-electron chi connectivity index (χ4n) is 9.26. The van der Waals surface area contributed by atoms with Crippen molar-refractivity contribution in [2.75, 3.05) is 81.8 Å². The Balaban J connectivity index is 0.970. The van der Waals surface area contributed by atoms with Crippen LogP contribution in [-0.4, -0.2) is 135 Å². The number of aromatic nitrogens is 1. The molecule has 4 aliphatic rings. The standard InChI is InChI=1S/C45H65ClF2N8O8S/c1-43(2,3)63-41(59)50-18-26-56(23-7-8-24-56)25-17-49-40(58)31-9-11-32(12-10-31)45(47,48)33-27-37(46)52-38(28-33)53-19-21-54(22-20-53)65(61,62)36-15-13-35(14-16-36)55-30-34(29-39(55)57)51-42(60)64-44(4,5)6/h13-16,27-28,31-32,34H,7-12,17-26,29-30H2,1-6H3,(H2-,49,50,51,58,59,60)/p+1/t31?,32?,34-/m1/s1. The van der Waals surface area contributed by atoms with E-state index < -0.39 is 51.3 Å². The van der Waals surface area contributed by atoms with Crippen LogP contribution in [0.15, 0.2) is 41.3 Å². The Morgan fingerprint density at radius 1 is 0.846 bits per heavy atom. The van der Waals surface area contributed by atoms with E-state index >= 15 is 8.78 Å². The second-order valence-corrected chi connectivity index (χ2v) is 22.1. The molecule has 0 bridgehead atoms. The number of amides is 4. The van der Waals surface area contributed by atoms with E-state index in [1.54, 1.807) is 37.8 Å². The van der Waals surface area contributed by atoms with E-state index in [0.717, 1.165) is 43.5 Å². The molecule has 20 heteroatoms. The second-order valence-electron chi connectivity index (χ2n) is 19.8. The zero-order chi connectivity index (χ0) is 47.4. The first-order valence-corrected chi connectivity index (χ1v) is 24.6. The third kappa shape index (κ3) is 13.2. The summed E-state index contributed by atoms with van der Waals surface area (Å²) in [4.78, 5) is 58.0. The predicted octanol–water partition coefficient (Wildman–Crippen LogP) is 6.03. The number of carbonyl (C=O) groups is 4. The number of hydrogen-bond acceptors (Lipinski definition) is 10. The quantitative estimate of drug-likeness (QED) is 0.150. The molecule has 3 aliphatic heterocycles. The monoisotopic (exact) mass is 951 g/mol. The van der Waals surface area contributed by atoms with E-state index in [1.165, 1.54) is 33.5 Å². The lowest BCUT2D eigenvalue weighted by Crippen LogP contribution is -2.53. The highest BCUT2D eigenvalue weighted by atomic mass is 35.5. The predicted molar refractivity (Wildman–Crippen MR) is 242 cm³/mol. The molecule has 1 saturated carbocycles. The van der Waals surface area contributed by atoms with Crippen LogP contribution in [-0.2, 0) is 35.0 Å². The Morgan fingerprint density at radius 3 is 2.03 bits per heavy atom. The van der Waals surface area contributed by atoms with E-state index in [4.69, 9.17) is 21.1 Å². The van der Waals surface area contributed by atoms with Gasteiger partial charge in [0, 0.05) is 75.1 Å². The van der Waals surface area contributed by atoms with Crippen molar-refractivity contribution < 1.29 is 50.3 Å². The average Bonchev–Trinajstić information content (AvgIpc) is 3.85. The van der Waals surface area contributed by atoms with Gasteiger partial charge in [0.1, 0.15) is 22.2 Å². The molecule has 2 aromatic rings. The Kier molecular flexibility index (Phi) is 15.6. The zero-order valence-corrected chi connectivity index (χ0v) is 40.0. The molecule has 360 valence electrons. The fourth-order valence-corrected chi connectivity index (χ4v) is 10.9. The summed E-state index contributed by atoms with van der Waals surface area (Å²) in [5, 5.41) is 8.52. The Bertz CT molecular complexity index is 2130. The van der Waals surface area contributed by atoms with Crippen LogP contribution in [0.4, 0.5) is 29.9 Å². The van der Waals surface area contributed by atoms with Crippen LogP contribution in [0, 0.1) is 11.8 Å². The van der Waals surface area contributed by atoms with Crippen molar-refractivity contribution in [3.63, 3.8) is 0 Å². The zero-order valence-electron chi connectivity index (χ0n) is 38.5. The molecule has 0 spiro atoms. The summed E-state index contributed by atoms with van der Waals surface area (Å²) in [7, 11) is -3.94. The molecular weight excluding hydrogens is 886 g/mol. The number of hydrogen-bond donors (Lipinski definition) is 3. The van der Waals surface area contributed by atoms with Crippen molar-refractivity contribution in [3.8, 4) is 0 Å². The van der Waals surface area contributed by atoms with Gasteiger partial charge >= 0.3 is 12.2 Å². The Hall–Kier alpha value is -4.33. The van der Waals surface area contributed by atoms with Gasteiger partial charge in [-0.3, -0.25) is 9.59 Å². The number of ether oxygens (including phenoxy) is 2. The topological polar surface area (TPSA) is 180 Å². The number of nitrogens with zero attached hydrogens (tertiary/aromatic N) is 5. The number of alkyl carbamates (subject to hydrolysis) is 2. The first-order valence-electron chi connectivity index (χ1n) is 22.7. The van der Waals surface area contributed by atoms with Gasteiger partial charge in [-0.1, -0.05) is 11.6 Å². The number of alkyl halides is 2. The second kappa shape index (κ2) is 20.3. The number of anilines is 2. The summed E-state index contributed by atoms with van der Waals surface area (Å²) in [6.45, 7) is 15.7. The van der Waals surface area contributed by atoms with Gasteiger partial charge in [-0.25, -0.2) is 31.8 Å². The van der Waals surface area contributed by atoms with Crippen LogP contribution in [0.2, 0.25) is 5.15 Å². The molecule has 0 unspecified atom stereocenters. The van der Waals surface area contributed by atoms with Gasteiger partial charge in [-0.15, -0.1) is 0 Å². The molecule has 1 atom stereocenters. The SMILES string of the molecule is CC(C)(C)OC(=O)NCC[N+]1(CCNC(=O)C2CCC(C(F)(F)c3cc(Cl)nc(N4CCN(S(=O)(=O)c5ccc(N6C[C@H](NC(=O)OC(C)(C)C)CC6=O)cc5)CC4)c3)CC2)CCCC1. The molecule has 16 nitrogen and oxygen atoms in total. The molecule has 1 aromatic carbocycles. The third-order valence-electron chi connectivity index (χ3n) is 12.6. The lowest BCUT2D eigenvalue weighted by atomic mass is 9.77.